The number of hydrogen-bond acceptors (Lipinski definition) is 3. The van der Waals surface area contributed by atoms with Crippen LogP contribution in [0.2, 0.25) is 0 Å². The van der Waals surface area contributed by atoms with Crippen molar-refractivity contribution in [3.05, 3.63) is 35.9 Å². The zero-order valence-corrected chi connectivity index (χ0v) is 11.5. The maximum absolute atomic E-state index is 12.2. The van der Waals surface area contributed by atoms with Gasteiger partial charge in [0.15, 0.2) is 9.84 Å². The van der Waals surface area contributed by atoms with Gasteiger partial charge < -0.3 is 4.90 Å². The first-order valence-corrected chi connectivity index (χ1v) is 8.35. The standard InChI is InChI=1S/C14H17NO3S/c16-14(12-6-7-12)15-8-9-19(17,18)13(10-15)11-4-2-1-3-5-11/h1-5,12-13H,6-10H2. The van der Waals surface area contributed by atoms with Crippen LogP contribution in [0.5, 0.6) is 0 Å². The second kappa shape index (κ2) is 4.63. The van der Waals surface area contributed by atoms with Gasteiger partial charge in [0.25, 0.3) is 0 Å². The third-order valence-corrected chi connectivity index (χ3v) is 5.91. The Labute approximate surface area is 113 Å². The van der Waals surface area contributed by atoms with Gasteiger partial charge in [-0.15, -0.1) is 0 Å². The van der Waals surface area contributed by atoms with Crippen LogP contribution in [0.4, 0.5) is 0 Å². The van der Waals surface area contributed by atoms with E-state index < -0.39 is 15.1 Å². The quantitative estimate of drug-likeness (QED) is 0.822. The number of benzene rings is 1. The van der Waals surface area contributed by atoms with Gasteiger partial charge >= 0.3 is 0 Å². The Balaban J connectivity index is 1.85. The fourth-order valence-corrected chi connectivity index (χ4v) is 4.29. The molecule has 1 aromatic carbocycles. The highest BCUT2D eigenvalue weighted by Crippen LogP contribution is 2.34. The molecular formula is C14H17NO3S. The molecule has 102 valence electrons. The van der Waals surface area contributed by atoms with E-state index in [9.17, 15) is 13.2 Å². The molecule has 0 aromatic heterocycles. The summed E-state index contributed by atoms with van der Waals surface area (Å²) in [6.07, 6.45) is 1.91. The summed E-state index contributed by atoms with van der Waals surface area (Å²) in [5.74, 6) is 0.360. The average Bonchev–Trinajstić information content (AvgIpc) is 3.23. The fourth-order valence-electron chi connectivity index (χ4n) is 2.55. The lowest BCUT2D eigenvalue weighted by molar-refractivity contribution is -0.132. The summed E-state index contributed by atoms with van der Waals surface area (Å²) in [7, 11) is -3.14. The molecule has 1 saturated heterocycles. The normalized spacial score (nSPS) is 26.1. The van der Waals surface area contributed by atoms with Gasteiger partial charge in [-0.25, -0.2) is 8.42 Å². The molecule has 0 bridgehead atoms. The molecule has 0 N–H and O–H groups in total. The SMILES string of the molecule is O=C(C1CC1)N1CCS(=O)(=O)C(c2ccccc2)C1. The summed E-state index contributed by atoms with van der Waals surface area (Å²) >= 11 is 0. The van der Waals surface area contributed by atoms with E-state index in [1.807, 2.05) is 30.3 Å². The van der Waals surface area contributed by atoms with Gasteiger partial charge in [-0.05, 0) is 18.4 Å². The van der Waals surface area contributed by atoms with Crippen molar-refractivity contribution >= 4 is 15.7 Å². The maximum atomic E-state index is 12.2. The molecule has 1 amide bonds. The molecule has 2 fully saturated rings. The summed E-state index contributed by atoms with van der Waals surface area (Å²) in [5, 5.41) is -0.565. The number of sulfone groups is 1. The number of amides is 1. The van der Waals surface area contributed by atoms with Gasteiger partial charge in [0.1, 0.15) is 5.25 Å². The summed E-state index contributed by atoms with van der Waals surface area (Å²) in [5.41, 5.74) is 0.788. The lowest BCUT2D eigenvalue weighted by Gasteiger charge is -2.33. The second-order valence-electron chi connectivity index (χ2n) is 5.32. The van der Waals surface area contributed by atoms with Crippen molar-refractivity contribution in [1.82, 2.24) is 4.90 Å². The Morgan fingerprint density at radius 2 is 1.84 bits per heavy atom. The lowest BCUT2D eigenvalue weighted by Crippen LogP contribution is -2.46. The minimum Gasteiger partial charge on any atom is -0.340 e. The molecule has 1 heterocycles. The number of hydrogen-bond donors (Lipinski definition) is 0. The van der Waals surface area contributed by atoms with E-state index in [0.29, 0.717) is 13.1 Å². The third-order valence-electron chi connectivity index (χ3n) is 3.88. The Kier molecular flexibility index (Phi) is 3.09. The van der Waals surface area contributed by atoms with Crippen LogP contribution >= 0.6 is 0 Å². The highest BCUT2D eigenvalue weighted by atomic mass is 32.2. The summed E-state index contributed by atoms with van der Waals surface area (Å²) < 4.78 is 24.4. The summed E-state index contributed by atoms with van der Waals surface area (Å²) in [4.78, 5) is 13.8. The average molecular weight is 279 g/mol. The molecule has 1 aliphatic carbocycles. The molecule has 1 aliphatic heterocycles. The Bertz CT molecular complexity index is 578. The highest BCUT2D eigenvalue weighted by Gasteiger charge is 2.40. The van der Waals surface area contributed by atoms with E-state index in [2.05, 4.69) is 0 Å². The van der Waals surface area contributed by atoms with Gasteiger partial charge in [-0.3, -0.25) is 4.79 Å². The Hall–Kier alpha value is -1.36. The molecule has 5 heteroatoms. The molecule has 3 rings (SSSR count). The molecular weight excluding hydrogens is 262 g/mol. The summed E-state index contributed by atoms with van der Waals surface area (Å²) in [6.45, 7) is 0.655. The molecule has 1 aromatic rings. The largest absolute Gasteiger partial charge is 0.340 e. The minimum atomic E-state index is -3.14. The van der Waals surface area contributed by atoms with Crippen molar-refractivity contribution < 1.29 is 13.2 Å². The molecule has 0 radical (unpaired) electrons. The van der Waals surface area contributed by atoms with Crippen LogP contribution in [0.15, 0.2) is 30.3 Å². The van der Waals surface area contributed by atoms with E-state index in [1.54, 1.807) is 4.90 Å². The smallest absolute Gasteiger partial charge is 0.225 e. The first-order valence-electron chi connectivity index (χ1n) is 6.63. The molecule has 1 saturated carbocycles. The van der Waals surface area contributed by atoms with Crippen LogP contribution in [0.25, 0.3) is 0 Å². The fraction of sp³-hybridized carbons (Fsp3) is 0.500. The van der Waals surface area contributed by atoms with Crippen LogP contribution in [0, 0.1) is 5.92 Å². The Morgan fingerprint density at radius 1 is 1.16 bits per heavy atom. The number of carbonyl (C=O) groups is 1. The molecule has 1 unspecified atom stereocenters. The molecule has 2 aliphatic rings. The van der Waals surface area contributed by atoms with Crippen LogP contribution < -0.4 is 0 Å². The van der Waals surface area contributed by atoms with Gasteiger partial charge in [-0.2, -0.15) is 0 Å². The van der Waals surface area contributed by atoms with Gasteiger partial charge in [0.2, 0.25) is 5.91 Å². The van der Waals surface area contributed by atoms with Crippen LogP contribution in [0.3, 0.4) is 0 Å². The second-order valence-corrected chi connectivity index (χ2v) is 7.63. The Morgan fingerprint density at radius 3 is 2.47 bits per heavy atom. The summed E-state index contributed by atoms with van der Waals surface area (Å²) in [6, 6.07) is 9.20. The van der Waals surface area contributed by atoms with E-state index in [4.69, 9.17) is 0 Å². The molecule has 0 spiro atoms. The van der Waals surface area contributed by atoms with Crippen LogP contribution in [0.1, 0.15) is 23.7 Å². The zero-order valence-electron chi connectivity index (χ0n) is 10.7. The van der Waals surface area contributed by atoms with Crippen molar-refractivity contribution in [2.75, 3.05) is 18.8 Å². The van der Waals surface area contributed by atoms with Gasteiger partial charge in [0.05, 0.1) is 5.75 Å². The van der Waals surface area contributed by atoms with E-state index in [-0.39, 0.29) is 17.6 Å². The number of carbonyl (C=O) groups excluding carboxylic acids is 1. The number of rotatable bonds is 2. The highest BCUT2D eigenvalue weighted by molar-refractivity contribution is 7.91. The molecule has 19 heavy (non-hydrogen) atoms. The van der Waals surface area contributed by atoms with Crippen molar-refractivity contribution in [3.63, 3.8) is 0 Å². The minimum absolute atomic E-state index is 0.0744. The van der Waals surface area contributed by atoms with Crippen molar-refractivity contribution in [1.29, 1.82) is 0 Å². The predicted octanol–water partition coefficient (Wildman–Crippen LogP) is 1.39. The van der Waals surface area contributed by atoms with Crippen LogP contribution in [-0.4, -0.2) is 38.1 Å². The molecule has 1 atom stereocenters. The maximum Gasteiger partial charge on any atom is 0.225 e. The van der Waals surface area contributed by atoms with Gasteiger partial charge in [-0.1, -0.05) is 30.3 Å². The van der Waals surface area contributed by atoms with Crippen LogP contribution in [-0.2, 0) is 14.6 Å². The van der Waals surface area contributed by atoms with Crippen molar-refractivity contribution in [2.45, 2.75) is 18.1 Å². The van der Waals surface area contributed by atoms with E-state index in [1.165, 1.54) is 0 Å². The lowest BCUT2D eigenvalue weighted by atomic mass is 10.1. The predicted molar refractivity (Wildman–Crippen MR) is 72.3 cm³/mol. The van der Waals surface area contributed by atoms with E-state index >= 15 is 0 Å². The topological polar surface area (TPSA) is 54.5 Å². The first kappa shape index (κ1) is 12.7. The monoisotopic (exact) mass is 279 g/mol. The van der Waals surface area contributed by atoms with Crippen molar-refractivity contribution in [2.24, 2.45) is 5.92 Å². The first-order chi connectivity index (χ1) is 9.08. The number of nitrogens with zero attached hydrogens (tertiary/aromatic N) is 1. The molecule has 4 nitrogen and oxygen atoms in total. The zero-order chi connectivity index (χ0) is 13.5. The van der Waals surface area contributed by atoms with Gasteiger partial charge in [0, 0.05) is 19.0 Å². The van der Waals surface area contributed by atoms with Crippen molar-refractivity contribution in [3.8, 4) is 0 Å². The van der Waals surface area contributed by atoms with E-state index in [0.717, 1.165) is 18.4 Å². The third kappa shape index (κ3) is 2.52.